The van der Waals surface area contributed by atoms with Gasteiger partial charge in [-0.1, -0.05) is 50.2 Å². The molecule has 3 aromatic carbocycles. The quantitative estimate of drug-likeness (QED) is 0.318. The van der Waals surface area contributed by atoms with Gasteiger partial charge in [-0.25, -0.2) is 4.39 Å². The molecule has 4 rings (SSSR count). The third kappa shape index (κ3) is 6.58. The molecule has 0 bridgehead atoms. The van der Waals surface area contributed by atoms with E-state index in [0.29, 0.717) is 17.7 Å². The summed E-state index contributed by atoms with van der Waals surface area (Å²) in [6, 6.07) is 21.1. The van der Waals surface area contributed by atoms with Crippen molar-refractivity contribution in [3.05, 3.63) is 101 Å². The van der Waals surface area contributed by atoms with Gasteiger partial charge in [-0.15, -0.1) is 0 Å². The van der Waals surface area contributed by atoms with E-state index in [1.165, 1.54) is 12.1 Å². The number of nitrogens with zero attached hydrogens (tertiary/aromatic N) is 2. The Kier molecular flexibility index (Phi) is 9.13. The molecular weight excluding hydrogens is 479 g/mol. The molecule has 2 atom stereocenters. The molecule has 0 saturated carbocycles. The van der Waals surface area contributed by atoms with Crippen LogP contribution in [0.4, 0.5) is 10.1 Å². The minimum Gasteiger partial charge on any atom is -0.361 e. The maximum Gasteiger partial charge on any atom is 0.256 e. The van der Waals surface area contributed by atoms with Crippen LogP contribution in [0.2, 0.25) is 0 Å². The van der Waals surface area contributed by atoms with Gasteiger partial charge in [-0.3, -0.25) is 9.59 Å². The predicted octanol–water partition coefficient (Wildman–Crippen LogP) is 5.83. The number of amides is 2. The van der Waals surface area contributed by atoms with Crippen LogP contribution in [0.5, 0.6) is 0 Å². The molecule has 3 aromatic rings. The first kappa shape index (κ1) is 27.3. The van der Waals surface area contributed by atoms with E-state index in [1.54, 1.807) is 23.1 Å². The fraction of sp³-hybridized carbons (Fsp3) is 0.355. The van der Waals surface area contributed by atoms with Gasteiger partial charge < -0.3 is 20.4 Å². The van der Waals surface area contributed by atoms with Crippen molar-refractivity contribution in [2.75, 3.05) is 25.0 Å². The second-order valence-electron chi connectivity index (χ2n) is 9.82. The third-order valence-corrected chi connectivity index (χ3v) is 7.14. The minimum atomic E-state index is -0.416. The van der Waals surface area contributed by atoms with Crippen LogP contribution in [0.15, 0.2) is 72.8 Å². The van der Waals surface area contributed by atoms with Crippen LogP contribution in [0, 0.1) is 5.82 Å². The number of hydrogen-bond acceptors (Lipinski definition) is 4. The number of anilines is 1. The number of carbonyl (C=O) groups is 2. The van der Waals surface area contributed by atoms with Crippen LogP contribution in [-0.2, 0) is 6.54 Å². The number of hydrogen-bond donors (Lipinski definition) is 2. The topological polar surface area (TPSA) is 64.7 Å². The Labute approximate surface area is 224 Å². The van der Waals surface area contributed by atoms with E-state index in [0.717, 1.165) is 49.3 Å². The maximum atomic E-state index is 13.4. The van der Waals surface area contributed by atoms with Gasteiger partial charge in [0.15, 0.2) is 0 Å². The average molecular weight is 517 g/mol. The van der Waals surface area contributed by atoms with Crippen LogP contribution in [-0.4, -0.2) is 47.3 Å². The third-order valence-electron chi connectivity index (χ3n) is 7.14. The normalized spacial score (nSPS) is 15.4. The summed E-state index contributed by atoms with van der Waals surface area (Å²) in [5.74, 6) is -0.516. The molecule has 0 saturated heterocycles. The van der Waals surface area contributed by atoms with Crippen molar-refractivity contribution in [3.63, 3.8) is 0 Å². The molecule has 6 nitrogen and oxygen atoms in total. The molecule has 7 heteroatoms. The lowest BCUT2D eigenvalue weighted by Gasteiger charge is -2.27. The summed E-state index contributed by atoms with van der Waals surface area (Å²) in [4.78, 5) is 30.4. The molecule has 0 aliphatic carbocycles. The zero-order valence-electron chi connectivity index (χ0n) is 22.4. The first-order valence-corrected chi connectivity index (χ1v) is 13.4. The van der Waals surface area contributed by atoms with Crippen molar-refractivity contribution in [2.24, 2.45) is 0 Å². The molecule has 1 heterocycles. The van der Waals surface area contributed by atoms with E-state index >= 15 is 0 Å². The zero-order valence-corrected chi connectivity index (χ0v) is 22.4. The predicted molar refractivity (Wildman–Crippen MR) is 149 cm³/mol. The van der Waals surface area contributed by atoms with E-state index in [1.807, 2.05) is 49.4 Å². The molecule has 0 radical (unpaired) electrons. The smallest absolute Gasteiger partial charge is 0.256 e. The summed E-state index contributed by atoms with van der Waals surface area (Å²) in [6.07, 6.45) is 1.53. The number of fused-ring (bicyclic) bond motifs is 1. The highest BCUT2D eigenvalue weighted by Crippen LogP contribution is 2.35. The fourth-order valence-electron chi connectivity index (χ4n) is 4.92. The van der Waals surface area contributed by atoms with Crippen molar-refractivity contribution >= 4 is 17.5 Å². The molecule has 1 aliphatic heterocycles. The van der Waals surface area contributed by atoms with Crippen LogP contribution >= 0.6 is 0 Å². The van der Waals surface area contributed by atoms with E-state index in [-0.39, 0.29) is 23.7 Å². The second kappa shape index (κ2) is 12.7. The van der Waals surface area contributed by atoms with Crippen LogP contribution in [0.3, 0.4) is 0 Å². The number of halogens is 1. The number of carbonyl (C=O) groups excluding carboxylic acids is 2. The molecular formula is C31H37FN4O2. The van der Waals surface area contributed by atoms with Crippen molar-refractivity contribution in [1.82, 2.24) is 15.1 Å². The highest BCUT2D eigenvalue weighted by Gasteiger charge is 2.36. The van der Waals surface area contributed by atoms with E-state index in [2.05, 4.69) is 29.4 Å². The standard InChI is InChI=1S/C31H37FN4O2/c1-4-35(5-2)19-9-10-22(3)33-30(37)24-11-8-12-26(20-24)34-29-27-13-6-7-14-28(27)31(38)36(29)21-23-15-17-25(32)18-16-23/h6-8,11-18,20,22,29,34H,4-5,9-10,19,21H2,1-3H3,(H,33,37). The summed E-state index contributed by atoms with van der Waals surface area (Å²) in [5, 5.41) is 6.58. The van der Waals surface area contributed by atoms with Gasteiger partial charge in [0.1, 0.15) is 12.0 Å². The molecule has 0 spiro atoms. The Bertz CT molecular complexity index is 1240. The van der Waals surface area contributed by atoms with Gasteiger partial charge in [0.25, 0.3) is 11.8 Å². The molecule has 2 unspecified atom stereocenters. The molecule has 1 aliphatic rings. The molecule has 2 N–H and O–H groups in total. The molecule has 38 heavy (non-hydrogen) atoms. The molecule has 2 amide bonds. The number of benzene rings is 3. The maximum absolute atomic E-state index is 13.4. The van der Waals surface area contributed by atoms with E-state index in [9.17, 15) is 14.0 Å². The zero-order chi connectivity index (χ0) is 27.1. The summed E-state index contributed by atoms with van der Waals surface area (Å²) in [7, 11) is 0. The van der Waals surface area contributed by atoms with E-state index < -0.39 is 6.17 Å². The SMILES string of the molecule is CCN(CC)CCCC(C)NC(=O)c1cccc(NC2c3ccccc3C(=O)N2Cc2ccc(F)cc2)c1. The van der Waals surface area contributed by atoms with Gasteiger partial charge in [-0.05, 0) is 81.4 Å². The minimum absolute atomic E-state index is 0.0696. The monoisotopic (exact) mass is 516 g/mol. The Morgan fingerprint density at radius 3 is 2.50 bits per heavy atom. The van der Waals surface area contributed by atoms with Crippen molar-refractivity contribution in [1.29, 1.82) is 0 Å². The number of rotatable bonds is 12. The van der Waals surface area contributed by atoms with E-state index in [4.69, 9.17) is 0 Å². The van der Waals surface area contributed by atoms with Crippen molar-refractivity contribution < 1.29 is 14.0 Å². The van der Waals surface area contributed by atoms with Gasteiger partial charge in [0, 0.05) is 35.0 Å². The Morgan fingerprint density at radius 1 is 1.03 bits per heavy atom. The first-order valence-electron chi connectivity index (χ1n) is 13.4. The summed E-state index contributed by atoms with van der Waals surface area (Å²) in [5.41, 5.74) is 3.65. The number of nitrogens with one attached hydrogen (secondary N) is 2. The second-order valence-corrected chi connectivity index (χ2v) is 9.82. The Balaban J connectivity index is 1.45. The Hall–Kier alpha value is -3.71. The average Bonchev–Trinajstić information content (AvgIpc) is 3.18. The fourth-order valence-corrected chi connectivity index (χ4v) is 4.92. The Morgan fingerprint density at radius 2 is 1.76 bits per heavy atom. The lowest BCUT2D eigenvalue weighted by atomic mass is 10.1. The first-order chi connectivity index (χ1) is 18.4. The van der Waals surface area contributed by atoms with Crippen molar-refractivity contribution in [2.45, 2.75) is 52.4 Å². The van der Waals surface area contributed by atoms with Crippen LogP contribution < -0.4 is 10.6 Å². The molecule has 200 valence electrons. The van der Waals surface area contributed by atoms with Crippen LogP contribution in [0.25, 0.3) is 0 Å². The van der Waals surface area contributed by atoms with Gasteiger partial charge in [-0.2, -0.15) is 0 Å². The lowest BCUT2D eigenvalue weighted by molar-refractivity contribution is 0.0728. The lowest BCUT2D eigenvalue weighted by Crippen LogP contribution is -2.34. The van der Waals surface area contributed by atoms with Crippen molar-refractivity contribution in [3.8, 4) is 0 Å². The van der Waals surface area contributed by atoms with Gasteiger partial charge in [0.05, 0.1) is 0 Å². The largest absolute Gasteiger partial charge is 0.361 e. The highest BCUT2D eigenvalue weighted by molar-refractivity contribution is 5.99. The summed E-state index contributed by atoms with van der Waals surface area (Å²) in [6.45, 7) is 9.80. The molecule has 0 aromatic heterocycles. The van der Waals surface area contributed by atoms with Gasteiger partial charge >= 0.3 is 0 Å². The highest BCUT2D eigenvalue weighted by atomic mass is 19.1. The summed E-state index contributed by atoms with van der Waals surface area (Å²) >= 11 is 0. The molecule has 0 fully saturated rings. The van der Waals surface area contributed by atoms with Gasteiger partial charge in [0.2, 0.25) is 0 Å². The van der Waals surface area contributed by atoms with Crippen LogP contribution in [0.1, 0.15) is 71.6 Å². The summed E-state index contributed by atoms with van der Waals surface area (Å²) < 4.78 is 13.4.